The number of amides is 1. The van der Waals surface area contributed by atoms with Gasteiger partial charge in [0, 0.05) is 5.69 Å². The Hall–Kier alpha value is -2.56. The van der Waals surface area contributed by atoms with Gasteiger partial charge >= 0.3 is 5.97 Å². The number of anilines is 1. The Balaban J connectivity index is 2.35. The van der Waals surface area contributed by atoms with E-state index in [1.54, 1.807) is 26.0 Å². The van der Waals surface area contributed by atoms with Crippen LogP contribution in [0.1, 0.15) is 24.2 Å². The molecular weight excluding hydrogens is 268 g/mol. The number of nitrogens with two attached hydrogens (primary N) is 1. The van der Waals surface area contributed by atoms with E-state index < -0.39 is 17.4 Å². The van der Waals surface area contributed by atoms with Crippen LogP contribution in [0.3, 0.4) is 0 Å². The molecule has 0 saturated heterocycles. The van der Waals surface area contributed by atoms with E-state index in [2.05, 4.69) is 10.1 Å². The van der Waals surface area contributed by atoms with Crippen LogP contribution in [0, 0.1) is 0 Å². The molecule has 2 aromatic rings. The highest BCUT2D eigenvalue weighted by Crippen LogP contribution is 2.22. The van der Waals surface area contributed by atoms with Crippen molar-refractivity contribution in [1.82, 2.24) is 5.32 Å². The van der Waals surface area contributed by atoms with Gasteiger partial charge in [0.25, 0.3) is 5.91 Å². The Morgan fingerprint density at radius 1 is 1.14 bits per heavy atom. The third-order valence-electron chi connectivity index (χ3n) is 3.28. The number of fused-ring (bicyclic) bond motifs is 1. The van der Waals surface area contributed by atoms with Gasteiger partial charge in [-0.2, -0.15) is 0 Å². The maximum absolute atomic E-state index is 12.3. The summed E-state index contributed by atoms with van der Waals surface area (Å²) in [7, 11) is 1.28. The van der Waals surface area contributed by atoms with Gasteiger partial charge in [-0.1, -0.05) is 24.3 Å². The predicted molar refractivity (Wildman–Crippen MR) is 81.9 cm³/mol. The second kappa shape index (κ2) is 5.44. The minimum absolute atomic E-state index is 0.339. The molecule has 0 bridgehead atoms. The van der Waals surface area contributed by atoms with E-state index >= 15 is 0 Å². The Labute approximate surface area is 123 Å². The van der Waals surface area contributed by atoms with Crippen molar-refractivity contribution in [2.75, 3.05) is 12.8 Å². The summed E-state index contributed by atoms with van der Waals surface area (Å²) in [5.41, 5.74) is 5.52. The fraction of sp³-hybridized carbons (Fsp3) is 0.250. The summed E-state index contributed by atoms with van der Waals surface area (Å²) in [5, 5.41) is 4.50. The van der Waals surface area contributed by atoms with E-state index in [0.717, 1.165) is 10.8 Å². The van der Waals surface area contributed by atoms with Crippen LogP contribution in [0.15, 0.2) is 36.4 Å². The van der Waals surface area contributed by atoms with Crippen molar-refractivity contribution in [3.63, 3.8) is 0 Å². The molecular formula is C16H18N2O3. The zero-order valence-electron chi connectivity index (χ0n) is 12.3. The lowest BCUT2D eigenvalue weighted by Gasteiger charge is -2.23. The second-order valence-electron chi connectivity index (χ2n) is 5.36. The minimum Gasteiger partial charge on any atom is -0.467 e. The van der Waals surface area contributed by atoms with Gasteiger partial charge < -0.3 is 15.8 Å². The largest absolute Gasteiger partial charge is 0.467 e. The average molecular weight is 286 g/mol. The highest BCUT2D eigenvalue weighted by molar-refractivity contribution is 6.05. The third kappa shape index (κ3) is 2.97. The molecule has 0 aliphatic heterocycles. The zero-order chi connectivity index (χ0) is 15.6. The Bertz CT molecular complexity index is 708. The number of nitrogen functional groups attached to an aromatic ring is 1. The summed E-state index contributed by atoms with van der Waals surface area (Å²) in [4.78, 5) is 24.0. The number of carbonyl (C=O) groups excluding carboxylic acids is 2. The summed E-state index contributed by atoms with van der Waals surface area (Å²) >= 11 is 0. The molecule has 110 valence electrons. The van der Waals surface area contributed by atoms with Crippen LogP contribution in [-0.4, -0.2) is 24.5 Å². The van der Waals surface area contributed by atoms with Crippen molar-refractivity contribution in [2.24, 2.45) is 0 Å². The van der Waals surface area contributed by atoms with Crippen LogP contribution < -0.4 is 11.1 Å². The molecule has 0 spiro atoms. The van der Waals surface area contributed by atoms with Crippen LogP contribution >= 0.6 is 0 Å². The van der Waals surface area contributed by atoms with E-state index in [9.17, 15) is 9.59 Å². The molecule has 1 amide bonds. The van der Waals surface area contributed by atoms with Crippen LogP contribution in [0.25, 0.3) is 10.8 Å². The Morgan fingerprint density at radius 3 is 2.29 bits per heavy atom. The Morgan fingerprint density at radius 2 is 1.71 bits per heavy atom. The monoisotopic (exact) mass is 286 g/mol. The van der Waals surface area contributed by atoms with Crippen LogP contribution in [-0.2, 0) is 9.53 Å². The number of carbonyl (C=O) groups is 2. The number of ether oxygens (including phenoxy) is 1. The number of rotatable bonds is 3. The summed E-state index contributed by atoms with van der Waals surface area (Å²) in [6.45, 7) is 3.15. The van der Waals surface area contributed by atoms with Crippen LogP contribution in [0.5, 0.6) is 0 Å². The van der Waals surface area contributed by atoms with E-state index in [1.165, 1.54) is 7.11 Å². The quantitative estimate of drug-likeness (QED) is 0.669. The van der Waals surface area contributed by atoms with Gasteiger partial charge in [0.1, 0.15) is 5.54 Å². The number of hydrogen-bond acceptors (Lipinski definition) is 4. The van der Waals surface area contributed by atoms with Gasteiger partial charge in [-0.05, 0) is 36.8 Å². The predicted octanol–water partition coefficient (Wildman–Crippen LogP) is 2.10. The smallest absolute Gasteiger partial charge is 0.330 e. The highest BCUT2D eigenvalue weighted by Gasteiger charge is 2.31. The highest BCUT2D eigenvalue weighted by atomic mass is 16.5. The maximum atomic E-state index is 12.3. The molecule has 3 N–H and O–H groups in total. The molecule has 0 aliphatic carbocycles. The molecule has 0 heterocycles. The van der Waals surface area contributed by atoms with Crippen molar-refractivity contribution in [3.8, 4) is 0 Å². The third-order valence-corrected chi connectivity index (χ3v) is 3.28. The number of methoxy groups -OCH3 is 1. The lowest BCUT2D eigenvalue weighted by atomic mass is 10.0. The molecule has 0 unspecified atom stereocenters. The normalized spacial score (nSPS) is 11.2. The van der Waals surface area contributed by atoms with Crippen LogP contribution in [0.2, 0.25) is 0 Å². The first-order valence-electron chi connectivity index (χ1n) is 6.54. The van der Waals surface area contributed by atoms with Gasteiger partial charge in [0.05, 0.1) is 12.7 Å². The van der Waals surface area contributed by atoms with Gasteiger partial charge in [-0.25, -0.2) is 4.79 Å². The Kier molecular flexibility index (Phi) is 3.84. The zero-order valence-corrected chi connectivity index (χ0v) is 12.3. The lowest BCUT2D eigenvalue weighted by molar-refractivity contribution is -0.146. The molecule has 5 heteroatoms. The SMILES string of the molecule is COC(=O)C(C)(C)NC(=O)c1cc2ccccc2cc1N. The van der Waals surface area contributed by atoms with E-state index in [-0.39, 0.29) is 0 Å². The maximum Gasteiger partial charge on any atom is 0.330 e. The average Bonchev–Trinajstić information content (AvgIpc) is 2.44. The number of benzene rings is 2. The summed E-state index contributed by atoms with van der Waals surface area (Å²) in [5.74, 6) is -0.927. The molecule has 0 saturated carbocycles. The molecule has 2 rings (SSSR count). The van der Waals surface area contributed by atoms with Gasteiger partial charge in [-0.3, -0.25) is 4.79 Å². The number of esters is 1. The molecule has 2 aromatic carbocycles. The van der Waals surface area contributed by atoms with Crippen molar-refractivity contribution in [3.05, 3.63) is 42.0 Å². The number of hydrogen-bond donors (Lipinski definition) is 2. The molecule has 5 nitrogen and oxygen atoms in total. The second-order valence-corrected chi connectivity index (χ2v) is 5.36. The minimum atomic E-state index is -1.12. The van der Waals surface area contributed by atoms with Crippen molar-refractivity contribution >= 4 is 28.3 Å². The molecule has 21 heavy (non-hydrogen) atoms. The van der Waals surface area contributed by atoms with Crippen molar-refractivity contribution in [2.45, 2.75) is 19.4 Å². The fourth-order valence-electron chi connectivity index (χ4n) is 2.11. The molecule has 0 radical (unpaired) electrons. The molecule has 0 aliphatic rings. The van der Waals surface area contributed by atoms with Crippen molar-refractivity contribution < 1.29 is 14.3 Å². The molecule has 0 aromatic heterocycles. The lowest BCUT2D eigenvalue weighted by Crippen LogP contribution is -2.50. The summed E-state index contributed by atoms with van der Waals surface area (Å²) in [6, 6.07) is 11.1. The summed E-state index contributed by atoms with van der Waals surface area (Å²) < 4.78 is 4.67. The van der Waals surface area contributed by atoms with E-state index in [0.29, 0.717) is 11.3 Å². The summed E-state index contributed by atoms with van der Waals surface area (Å²) in [6.07, 6.45) is 0. The first-order chi connectivity index (χ1) is 9.85. The van der Waals surface area contributed by atoms with Crippen LogP contribution in [0.4, 0.5) is 5.69 Å². The number of nitrogens with one attached hydrogen (secondary N) is 1. The van der Waals surface area contributed by atoms with Crippen molar-refractivity contribution in [1.29, 1.82) is 0 Å². The standard InChI is InChI=1S/C16H18N2O3/c1-16(2,15(20)21-3)18-14(19)12-8-10-6-4-5-7-11(10)9-13(12)17/h4-9H,17H2,1-3H3,(H,18,19). The van der Waals surface area contributed by atoms with E-state index in [1.807, 2.05) is 24.3 Å². The van der Waals surface area contributed by atoms with Gasteiger partial charge in [-0.15, -0.1) is 0 Å². The first kappa shape index (κ1) is 14.8. The van der Waals surface area contributed by atoms with Gasteiger partial charge in [0.2, 0.25) is 0 Å². The molecule has 0 fully saturated rings. The topological polar surface area (TPSA) is 81.4 Å². The fourth-order valence-corrected chi connectivity index (χ4v) is 2.11. The molecule has 0 atom stereocenters. The first-order valence-corrected chi connectivity index (χ1v) is 6.54. The van der Waals surface area contributed by atoms with Gasteiger partial charge in [0.15, 0.2) is 0 Å². The van der Waals surface area contributed by atoms with E-state index in [4.69, 9.17) is 5.73 Å².